The lowest BCUT2D eigenvalue weighted by molar-refractivity contribution is 0.331. The Balaban J connectivity index is 2.47. The highest BCUT2D eigenvalue weighted by Gasteiger charge is 2.21. The van der Waals surface area contributed by atoms with Crippen LogP contribution in [0.15, 0.2) is 30.4 Å². The van der Waals surface area contributed by atoms with E-state index in [-0.39, 0.29) is 12.3 Å². The van der Waals surface area contributed by atoms with Crippen LogP contribution in [0.1, 0.15) is 12.6 Å². The van der Waals surface area contributed by atoms with Crippen LogP contribution in [0, 0.1) is 0 Å². The van der Waals surface area contributed by atoms with Crippen LogP contribution in [-0.2, 0) is 4.57 Å². The molecule has 0 aromatic carbocycles. The molecule has 2 aromatic heterocycles. The van der Waals surface area contributed by atoms with E-state index in [0.717, 1.165) is 11.9 Å². The molecule has 9 heteroatoms. The van der Waals surface area contributed by atoms with E-state index in [9.17, 15) is 4.57 Å². The second-order valence-electron chi connectivity index (χ2n) is 4.06. The van der Waals surface area contributed by atoms with Gasteiger partial charge in [-0.1, -0.05) is 12.2 Å². The molecule has 0 spiro atoms. The van der Waals surface area contributed by atoms with Crippen molar-refractivity contribution in [1.82, 2.24) is 19.3 Å². The highest BCUT2D eigenvalue weighted by molar-refractivity contribution is 7.50. The lowest BCUT2D eigenvalue weighted by atomic mass is 10.2. The molecule has 0 aliphatic rings. The van der Waals surface area contributed by atoms with Crippen LogP contribution in [0.2, 0.25) is 0 Å². The van der Waals surface area contributed by atoms with Gasteiger partial charge in [0, 0.05) is 0 Å². The summed E-state index contributed by atoms with van der Waals surface area (Å²) in [5.41, 5.74) is 1.56. The molecule has 2 heterocycles. The summed E-state index contributed by atoms with van der Waals surface area (Å²) in [6, 6.07) is 0. The molecule has 0 saturated carbocycles. The minimum Gasteiger partial charge on any atom is -0.392 e. The molecule has 8 nitrogen and oxygen atoms in total. The van der Waals surface area contributed by atoms with Gasteiger partial charge in [0.1, 0.15) is 18.2 Å². The number of aliphatic hydroxyl groups is 1. The quantitative estimate of drug-likeness (QED) is 0.561. The number of imidazole rings is 1. The minimum atomic E-state index is -4.49. The molecule has 0 saturated heterocycles. The third kappa shape index (κ3) is 3.00. The van der Waals surface area contributed by atoms with Crippen LogP contribution in [0.5, 0.6) is 0 Å². The summed E-state index contributed by atoms with van der Waals surface area (Å²) >= 11 is 0. The largest absolute Gasteiger partial charge is 0.436 e. The van der Waals surface area contributed by atoms with Crippen molar-refractivity contribution in [2.75, 3.05) is 6.61 Å². The van der Waals surface area contributed by atoms with Crippen molar-refractivity contribution in [3.8, 4) is 0 Å². The van der Waals surface area contributed by atoms with Gasteiger partial charge in [-0.2, -0.15) is 0 Å². The minimum absolute atomic E-state index is 0.0453. The summed E-state index contributed by atoms with van der Waals surface area (Å²) in [5.74, 6) is 0. The van der Waals surface area contributed by atoms with Gasteiger partial charge in [0.05, 0.1) is 12.3 Å². The number of rotatable bonds is 4. The van der Waals surface area contributed by atoms with E-state index in [2.05, 4.69) is 15.0 Å². The fraction of sp³-hybridized carbons (Fsp3) is 0.182. The van der Waals surface area contributed by atoms with Gasteiger partial charge in [-0.3, -0.25) is 0 Å². The molecular weight excluding hydrogens is 283 g/mol. The van der Waals surface area contributed by atoms with Gasteiger partial charge >= 0.3 is 7.75 Å². The summed E-state index contributed by atoms with van der Waals surface area (Å²) in [4.78, 5) is 30.1. The van der Waals surface area contributed by atoms with Crippen LogP contribution in [0.4, 0.5) is 0 Å². The Morgan fingerprint density at radius 2 is 2.15 bits per heavy atom. The molecule has 2 rings (SSSR count). The van der Waals surface area contributed by atoms with Crippen molar-refractivity contribution in [3.63, 3.8) is 0 Å². The first-order valence-corrected chi connectivity index (χ1v) is 7.19. The zero-order chi connectivity index (χ0) is 14.8. The van der Waals surface area contributed by atoms with Crippen LogP contribution >= 0.6 is 7.75 Å². The van der Waals surface area contributed by atoms with Gasteiger partial charge < -0.3 is 14.9 Å². The molecule has 0 amide bonds. The standard InChI is InChI=1S/C11H13N4O4P/c1-8(5-16)3-2-4-9-10-11(13-6-12-9)15(7-14-10)20(17,18)19/h2-4,6-7,16H,5H2,1H3,(H2,17,18,19)/b4-2+,8-3+. The van der Waals surface area contributed by atoms with Crippen molar-refractivity contribution in [3.05, 3.63) is 36.1 Å². The number of hydrogen-bond donors (Lipinski definition) is 3. The summed E-state index contributed by atoms with van der Waals surface area (Å²) in [6.07, 6.45) is 7.24. The maximum absolute atomic E-state index is 11.3. The first-order chi connectivity index (χ1) is 9.43. The highest BCUT2D eigenvalue weighted by atomic mass is 31.2. The Morgan fingerprint density at radius 3 is 2.80 bits per heavy atom. The topological polar surface area (TPSA) is 121 Å². The zero-order valence-electron chi connectivity index (χ0n) is 10.6. The Morgan fingerprint density at radius 1 is 1.40 bits per heavy atom. The molecule has 106 valence electrons. The molecule has 0 radical (unpaired) electrons. The van der Waals surface area contributed by atoms with Gasteiger partial charge in [-0.25, -0.2) is 23.9 Å². The third-order valence-electron chi connectivity index (χ3n) is 2.51. The van der Waals surface area contributed by atoms with Crippen LogP contribution in [0.25, 0.3) is 17.2 Å². The maximum Gasteiger partial charge on any atom is 0.436 e. The SMILES string of the molecule is C/C(=C\C=C\c1ncnc2c1ncn2P(=O)(O)O)CO. The van der Waals surface area contributed by atoms with Gasteiger partial charge in [-0.15, -0.1) is 0 Å². The number of aliphatic hydroxyl groups excluding tert-OH is 1. The van der Waals surface area contributed by atoms with Crippen molar-refractivity contribution in [2.45, 2.75) is 6.92 Å². The lowest BCUT2D eigenvalue weighted by Gasteiger charge is -2.04. The Labute approximate surface area is 114 Å². The van der Waals surface area contributed by atoms with Gasteiger partial charge in [0.25, 0.3) is 0 Å². The fourth-order valence-corrected chi connectivity index (χ4v) is 2.09. The second kappa shape index (κ2) is 5.64. The van der Waals surface area contributed by atoms with Crippen LogP contribution in [-0.4, -0.2) is 40.8 Å². The molecular formula is C11H13N4O4P. The first kappa shape index (κ1) is 14.5. The molecule has 0 unspecified atom stereocenters. The number of nitrogens with zero attached hydrogens (tertiary/aromatic N) is 4. The number of allylic oxidation sites excluding steroid dienone is 2. The number of hydrogen-bond acceptors (Lipinski definition) is 5. The molecule has 2 aromatic rings. The lowest BCUT2D eigenvalue weighted by Crippen LogP contribution is -1.95. The Hall–Kier alpha value is -1.86. The second-order valence-corrected chi connectivity index (χ2v) is 5.52. The molecule has 0 aliphatic carbocycles. The average Bonchev–Trinajstić information content (AvgIpc) is 2.83. The summed E-state index contributed by atoms with van der Waals surface area (Å²) in [6.45, 7) is 1.72. The highest BCUT2D eigenvalue weighted by Crippen LogP contribution is 2.39. The number of fused-ring (bicyclic) bond motifs is 1. The van der Waals surface area contributed by atoms with E-state index in [0.29, 0.717) is 15.5 Å². The Bertz CT molecular complexity index is 731. The van der Waals surface area contributed by atoms with Crippen molar-refractivity contribution < 1.29 is 19.5 Å². The summed E-state index contributed by atoms with van der Waals surface area (Å²) in [7, 11) is -4.49. The van der Waals surface area contributed by atoms with Crippen molar-refractivity contribution in [2.24, 2.45) is 0 Å². The summed E-state index contributed by atoms with van der Waals surface area (Å²) < 4.78 is 12.0. The number of aromatic nitrogens is 4. The van der Waals surface area contributed by atoms with Crippen LogP contribution in [0.3, 0.4) is 0 Å². The predicted octanol–water partition coefficient (Wildman–Crippen LogP) is 0.719. The van der Waals surface area contributed by atoms with E-state index in [1.54, 1.807) is 25.2 Å². The van der Waals surface area contributed by atoms with Gasteiger partial charge in [0.15, 0.2) is 5.65 Å². The molecule has 0 fully saturated rings. The predicted molar refractivity (Wildman–Crippen MR) is 72.6 cm³/mol. The average molecular weight is 296 g/mol. The van der Waals surface area contributed by atoms with Crippen LogP contribution < -0.4 is 0 Å². The third-order valence-corrected chi connectivity index (χ3v) is 3.36. The van der Waals surface area contributed by atoms with E-state index in [4.69, 9.17) is 14.9 Å². The monoisotopic (exact) mass is 296 g/mol. The molecule has 0 atom stereocenters. The molecule has 20 heavy (non-hydrogen) atoms. The van der Waals surface area contributed by atoms with E-state index in [1.807, 2.05) is 0 Å². The van der Waals surface area contributed by atoms with Crippen molar-refractivity contribution in [1.29, 1.82) is 0 Å². The maximum atomic E-state index is 11.3. The Kier molecular flexibility index (Phi) is 4.10. The van der Waals surface area contributed by atoms with E-state index >= 15 is 0 Å². The summed E-state index contributed by atoms with van der Waals surface area (Å²) in [5, 5.41) is 8.87. The smallest absolute Gasteiger partial charge is 0.392 e. The zero-order valence-corrected chi connectivity index (χ0v) is 11.5. The van der Waals surface area contributed by atoms with Crippen molar-refractivity contribution >= 4 is 25.0 Å². The van der Waals surface area contributed by atoms with E-state index < -0.39 is 7.75 Å². The van der Waals surface area contributed by atoms with E-state index in [1.165, 1.54) is 6.33 Å². The first-order valence-electron chi connectivity index (χ1n) is 5.62. The van der Waals surface area contributed by atoms with Gasteiger partial charge in [0.2, 0.25) is 0 Å². The fourth-order valence-electron chi connectivity index (χ4n) is 1.51. The van der Waals surface area contributed by atoms with Gasteiger partial charge in [-0.05, 0) is 18.6 Å². The molecule has 0 bridgehead atoms. The normalized spacial score (nSPS) is 13.5. The molecule has 0 aliphatic heterocycles. The molecule has 3 N–H and O–H groups in total.